The van der Waals surface area contributed by atoms with Crippen molar-refractivity contribution in [3.63, 3.8) is 0 Å². The average Bonchev–Trinajstić information content (AvgIpc) is 2.37. The molecule has 0 spiro atoms. The molecule has 0 aliphatic heterocycles. The predicted molar refractivity (Wildman–Crippen MR) is 75.4 cm³/mol. The molecule has 0 atom stereocenters. The minimum absolute atomic E-state index is 0.646. The first-order valence-electron chi connectivity index (χ1n) is 5.27. The molecule has 18 heavy (non-hydrogen) atoms. The summed E-state index contributed by atoms with van der Waals surface area (Å²) in [5.41, 5.74) is 1.04. The molecule has 0 saturated carbocycles. The molecule has 0 unspecified atom stereocenters. The molecular formula is C12H11Cl2N3S. The van der Waals surface area contributed by atoms with E-state index in [9.17, 15) is 0 Å². The number of hydrogen-bond donors (Lipinski definition) is 1. The lowest BCUT2D eigenvalue weighted by Crippen LogP contribution is -2.05. The molecule has 0 amide bonds. The van der Waals surface area contributed by atoms with Crippen molar-refractivity contribution in [1.29, 1.82) is 0 Å². The third-order valence-corrected chi connectivity index (χ3v) is 3.78. The zero-order valence-corrected chi connectivity index (χ0v) is 12.0. The number of aromatic nitrogens is 2. The van der Waals surface area contributed by atoms with E-state index in [1.807, 2.05) is 7.05 Å². The van der Waals surface area contributed by atoms with Gasteiger partial charge in [-0.1, -0.05) is 23.2 Å². The smallest absolute Gasteiger partial charge is 0.192 e. The average molecular weight is 300 g/mol. The van der Waals surface area contributed by atoms with Gasteiger partial charge in [0.1, 0.15) is 0 Å². The number of benzene rings is 1. The van der Waals surface area contributed by atoms with Crippen LogP contribution in [0, 0.1) is 0 Å². The van der Waals surface area contributed by atoms with Gasteiger partial charge in [0.15, 0.2) is 5.16 Å². The Bertz CT molecular complexity index is 531. The zero-order chi connectivity index (χ0) is 13.0. The van der Waals surface area contributed by atoms with Crippen LogP contribution in [0.25, 0.3) is 0 Å². The molecule has 0 radical (unpaired) electrons. The summed E-state index contributed by atoms with van der Waals surface area (Å²) in [4.78, 5) is 9.40. The summed E-state index contributed by atoms with van der Waals surface area (Å²) in [6, 6.07) is 5.33. The van der Waals surface area contributed by atoms with E-state index >= 15 is 0 Å². The maximum Gasteiger partial charge on any atom is 0.192 e. The number of hydrogen-bond acceptors (Lipinski definition) is 4. The Morgan fingerprint density at radius 1 is 1.22 bits per heavy atom. The van der Waals surface area contributed by atoms with Gasteiger partial charge in [-0.3, -0.25) is 0 Å². The van der Waals surface area contributed by atoms with E-state index in [2.05, 4.69) is 15.3 Å². The highest BCUT2D eigenvalue weighted by Crippen LogP contribution is 2.33. The number of nitrogens with zero attached hydrogens (tertiary/aromatic N) is 2. The molecule has 3 nitrogen and oxygen atoms in total. The minimum Gasteiger partial charge on any atom is -0.316 e. The van der Waals surface area contributed by atoms with Crippen LogP contribution in [0.15, 0.2) is 40.6 Å². The van der Waals surface area contributed by atoms with Gasteiger partial charge in [0, 0.05) is 34.4 Å². The van der Waals surface area contributed by atoms with Gasteiger partial charge in [-0.05, 0) is 37.0 Å². The molecule has 0 aliphatic rings. The lowest BCUT2D eigenvalue weighted by molar-refractivity contribution is 0.793. The van der Waals surface area contributed by atoms with Crippen LogP contribution in [-0.4, -0.2) is 17.0 Å². The second kappa shape index (κ2) is 6.38. The summed E-state index contributed by atoms with van der Waals surface area (Å²) in [6.07, 6.45) is 3.59. The number of nitrogens with one attached hydrogen (secondary N) is 1. The van der Waals surface area contributed by atoms with Gasteiger partial charge < -0.3 is 5.32 Å². The van der Waals surface area contributed by atoms with Gasteiger partial charge in [-0.25, -0.2) is 9.97 Å². The van der Waals surface area contributed by atoms with Gasteiger partial charge in [0.25, 0.3) is 0 Å². The Morgan fingerprint density at radius 2 is 1.94 bits per heavy atom. The van der Waals surface area contributed by atoms with Crippen molar-refractivity contribution in [1.82, 2.24) is 15.3 Å². The quantitative estimate of drug-likeness (QED) is 0.875. The van der Waals surface area contributed by atoms with Gasteiger partial charge in [0.2, 0.25) is 0 Å². The van der Waals surface area contributed by atoms with Crippen LogP contribution in [0.2, 0.25) is 10.0 Å². The Kier molecular flexibility index (Phi) is 4.83. The van der Waals surface area contributed by atoms with Crippen LogP contribution >= 0.6 is 35.0 Å². The Morgan fingerprint density at radius 3 is 2.61 bits per heavy atom. The van der Waals surface area contributed by atoms with Crippen LogP contribution in [0.4, 0.5) is 0 Å². The molecule has 0 saturated heterocycles. The monoisotopic (exact) mass is 299 g/mol. The molecule has 0 bridgehead atoms. The Labute approximate surface area is 120 Å². The van der Waals surface area contributed by atoms with E-state index in [4.69, 9.17) is 23.2 Å². The highest BCUT2D eigenvalue weighted by Gasteiger charge is 2.06. The molecule has 1 heterocycles. The van der Waals surface area contributed by atoms with Gasteiger partial charge in [-0.15, -0.1) is 0 Å². The number of halogens is 2. The van der Waals surface area contributed by atoms with Crippen LogP contribution in [0.3, 0.4) is 0 Å². The normalized spacial score (nSPS) is 10.6. The molecule has 6 heteroatoms. The summed E-state index contributed by atoms with van der Waals surface area (Å²) >= 11 is 13.4. The number of rotatable bonds is 4. The van der Waals surface area contributed by atoms with E-state index in [-0.39, 0.29) is 0 Å². The fourth-order valence-electron chi connectivity index (χ4n) is 1.34. The zero-order valence-electron chi connectivity index (χ0n) is 9.65. The summed E-state index contributed by atoms with van der Waals surface area (Å²) in [5.74, 6) is 0. The summed E-state index contributed by atoms with van der Waals surface area (Å²) in [7, 11) is 1.88. The van der Waals surface area contributed by atoms with Crippen molar-refractivity contribution in [3.05, 3.63) is 46.2 Å². The Balaban J connectivity index is 2.15. The first-order chi connectivity index (χ1) is 8.69. The van der Waals surface area contributed by atoms with Crippen LogP contribution in [0.5, 0.6) is 0 Å². The van der Waals surface area contributed by atoms with Crippen molar-refractivity contribution in [2.24, 2.45) is 0 Å². The largest absolute Gasteiger partial charge is 0.316 e. The van der Waals surface area contributed by atoms with E-state index in [1.165, 1.54) is 11.8 Å². The first-order valence-corrected chi connectivity index (χ1v) is 6.84. The van der Waals surface area contributed by atoms with Gasteiger partial charge in [-0.2, -0.15) is 0 Å². The standard InChI is InChI=1S/C12H11Cl2N3S/c1-15-5-8-6-16-12(17-7-8)18-11-4-9(13)2-3-10(11)14/h2-4,6-7,15H,5H2,1H3. The van der Waals surface area contributed by atoms with Crippen molar-refractivity contribution < 1.29 is 0 Å². The Hall–Kier alpha value is -0.810. The SMILES string of the molecule is CNCc1cnc(Sc2cc(Cl)ccc2Cl)nc1. The van der Waals surface area contributed by atoms with E-state index in [0.717, 1.165) is 17.0 Å². The molecule has 1 aromatic carbocycles. The molecule has 0 fully saturated rings. The van der Waals surface area contributed by atoms with Gasteiger partial charge in [0.05, 0.1) is 5.02 Å². The second-order valence-electron chi connectivity index (χ2n) is 3.58. The molecule has 2 rings (SSSR count). The second-order valence-corrected chi connectivity index (χ2v) is 5.43. The van der Waals surface area contributed by atoms with Gasteiger partial charge >= 0.3 is 0 Å². The van der Waals surface area contributed by atoms with E-state index in [0.29, 0.717) is 15.2 Å². The summed E-state index contributed by atoms with van der Waals surface area (Å²) in [6.45, 7) is 0.753. The molecule has 94 valence electrons. The molecule has 1 aromatic heterocycles. The van der Waals surface area contributed by atoms with Crippen LogP contribution < -0.4 is 5.32 Å². The molecular weight excluding hydrogens is 289 g/mol. The van der Waals surface area contributed by atoms with Crippen LogP contribution in [-0.2, 0) is 6.54 Å². The molecule has 1 N–H and O–H groups in total. The third-order valence-electron chi connectivity index (χ3n) is 2.16. The van der Waals surface area contributed by atoms with Crippen LogP contribution in [0.1, 0.15) is 5.56 Å². The first kappa shape index (κ1) is 13.6. The maximum absolute atomic E-state index is 6.08. The summed E-state index contributed by atoms with van der Waals surface area (Å²) in [5, 5.41) is 4.99. The summed E-state index contributed by atoms with van der Waals surface area (Å²) < 4.78 is 0. The van der Waals surface area contributed by atoms with E-state index in [1.54, 1.807) is 30.6 Å². The highest BCUT2D eigenvalue weighted by molar-refractivity contribution is 7.99. The lowest BCUT2D eigenvalue weighted by Gasteiger charge is -2.04. The molecule has 0 aliphatic carbocycles. The van der Waals surface area contributed by atoms with Crippen molar-refractivity contribution in [2.75, 3.05) is 7.05 Å². The topological polar surface area (TPSA) is 37.8 Å². The predicted octanol–water partition coefficient (Wildman–Crippen LogP) is 3.65. The fourth-order valence-corrected chi connectivity index (χ4v) is 2.57. The fraction of sp³-hybridized carbons (Fsp3) is 0.167. The highest BCUT2D eigenvalue weighted by atomic mass is 35.5. The lowest BCUT2D eigenvalue weighted by atomic mass is 10.3. The maximum atomic E-state index is 6.08. The van der Waals surface area contributed by atoms with E-state index < -0.39 is 0 Å². The van der Waals surface area contributed by atoms with Crippen molar-refractivity contribution in [2.45, 2.75) is 16.6 Å². The minimum atomic E-state index is 0.646. The van der Waals surface area contributed by atoms with Crippen molar-refractivity contribution in [3.8, 4) is 0 Å². The molecule has 2 aromatic rings. The third kappa shape index (κ3) is 3.59. The van der Waals surface area contributed by atoms with Crippen molar-refractivity contribution >= 4 is 35.0 Å².